The molecule has 2 amide bonds. The molecular weight excluding hydrogens is 324 g/mol. The highest BCUT2D eigenvalue weighted by atomic mass is 16.2. The molecule has 1 unspecified atom stereocenters. The maximum Gasteiger partial charge on any atom is 0.228 e. The predicted octanol–water partition coefficient (Wildman–Crippen LogP) is 2.93. The number of rotatable bonds is 3. The van der Waals surface area contributed by atoms with Gasteiger partial charge in [0.2, 0.25) is 11.8 Å². The number of aryl methyl sites for hydroxylation is 1. The maximum atomic E-state index is 12.9. The summed E-state index contributed by atoms with van der Waals surface area (Å²) in [6.45, 7) is 4.59. The zero-order valence-electron chi connectivity index (χ0n) is 15.1. The van der Waals surface area contributed by atoms with Crippen LogP contribution in [-0.2, 0) is 29.1 Å². The van der Waals surface area contributed by atoms with Crippen LogP contribution in [-0.4, -0.2) is 34.7 Å². The third kappa shape index (κ3) is 3.36. The second-order valence-electron chi connectivity index (χ2n) is 7.44. The zero-order valence-corrected chi connectivity index (χ0v) is 15.1. The minimum absolute atomic E-state index is 0.0846. The van der Waals surface area contributed by atoms with Crippen molar-refractivity contribution in [3.8, 4) is 0 Å². The number of amides is 2. The maximum absolute atomic E-state index is 12.9. The molecule has 2 aromatic rings. The molecule has 0 aliphatic carbocycles. The van der Waals surface area contributed by atoms with Crippen molar-refractivity contribution in [2.45, 2.75) is 32.9 Å². The van der Waals surface area contributed by atoms with Crippen molar-refractivity contribution >= 4 is 11.8 Å². The van der Waals surface area contributed by atoms with Gasteiger partial charge in [-0.05, 0) is 30.0 Å². The Morgan fingerprint density at radius 2 is 1.81 bits per heavy atom. The Kier molecular flexibility index (Phi) is 4.49. The van der Waals surface area contributed by atoms with E-state index in [1.807, 2.05) is 15.9 Å². The van der Waals surface area contributed by atoms with E-state index in [2.05, 4.69) is 49.4 Å². The van der Waals surface area contributed by atoms with E-state index in [9.17, 15) is 9.59 Å². The van der Waals surface area contributed by atoms with Crippen LogP contribution in [0.25, 0.3) is 0 Å². The summed E-state index contributed by atoms with van der Waals surface area (Å²) < 4.78 is 0. The smallest absolute Gasteiger partial charge is 0.228 e. The monoisotopic (exact) mass is 348 g/mol. The molecule has 134 valence electrons. The third-order valence-electron chi connectivity index (χ3n) is 5.50. The van der Waals surface area contributed by atoms with Crippen molar-refractivity contribution in [1.82, 2.24) is 9.80 Å². The van der Waals surface area contributed by atoms with Gasteiger partial charge in [0.15, 0.2) is 0 Å². The lowest BCUT2D eigenvalue weighted by Gasteiger charge is -2.30. The number of carbonyl (C=O) groups excluding carboxylic acids is 2. The van der Waals surface area contributed by atoms with Crippen molar-refractivity contribution < 1.29 is 9.59 Å². The van der Waals surface area contributed by atoms with Crippen molar-refractivity contribution in [3.63, 3.8) is 0 Å². The number of hydrogen-bond acceptors (Lipinski definition) is 2. The molecule has 26 heavy (non-hydrogen) atoms. The second kappa shape index (κ2) is 6.94. The van der Waals surface area contributed by atoms with Gasteiger partial charge in [0.05, 0.1) is 5.92 Å². The van der Waals surface area contributed by atoms with Crippen LogP contribution in [0.4, 0.5) is 0 Å². The first kappa shape index (κ1) is 16.8. The lowest BCUT2D eigenvalue weighted by Crippen LogP contribution is -2.40. The topological polar surface area (TPSA) is 40.6 Å². The Hall–Kier alpha value is -2.62. The van der Waals surface area contributed by atoms with Crippen LogP contribution in [0, 0.1) is 12.8 Å². The summed E-state index contributed by atoms with van der Waals surface area (Å²) in [5.74, 6) is -0.00111. The molecule has 2 aliphatic rings. The summed E-state index contributed by atoms with van der Waals surface area (Å²) in [7, 11) is 0. The Bertz CT molecular complexity index is 828. The van der Waals surface area contributed by atoms with E-state index < -0.39 is 0 Å². The molecular formula is C22H24N2O2. The van der Waals surface area contributed by atoms with E-state index in [-0.39, 0.29) is 17.7 Å². The highest BCUT2D eigenvalue weighted by molar-refractivity contribution is 5.89. The van der Waals surface area contributed by atoms with Gasteiger partial charge < -0.3 is 9.80 Å². The summed E-state index contributed by atoms with van der Waals surface area (Å²) in [5.41, 5.74) is 4.89. The fourth-order valence-electron chi connectivity index (χ4n) is 3.95. The minimum Gasteiger partial charge on any atom is -0.338 e. The average Bonchev–Trinajstić information content (AvgIpc) is 3.03. The first-order valence-electron chi connectivity index (χ1n) is 9.29. The van der Waals surface area contributed by atoms with Gasteiger partial charge in [-0.15, -0.1) is 0 Å². The second-order valence-corrected chi connectivity index (χ2v) is 7.44. The normalized spacial score (nSPS) is 19.6. The highest BCUT2D eigenvalue weighted by Crippen LogP contribution is 2.25. The van der Waals surface area contributed by atoms with E-state index in [0.717, 1.165) is 18.5 Å². The lowest BCUT2D eigenvalue weighted by atomic mass is 9.98. The summed E-state index contributed by atoms with van der Waals surface area (Å²) >= 11 is 0. The average molecular weight is 348 g/mol. The van der Waals surface area contributed by atoms with Crippen LogP contribution in [0.15, 0.2) is 48.5 Å². The van der Waals surface area contributed by atoms with Gasteiger partial charge in [0.25, 0.3) is 0 Å². The molecule has 0 bridgehead atoms. The van der Waals surface area contributed by atoms with Gasteiger partial charge in [-0.2, -0.15) is 0 Å². The van der Waals surface area contributed by atoms with Crippen LogP contribution in [0.1, 0.15) is 28.7 Å². The molecule has 0 N–H and O–H groups in total. The molecule has 1 atom stereocenters. The van der Waals surface area contributed by atoms with Gasteiger partial charge in [0, 0.05) is 32.6 Å². The van der Waals surface area contributed by atoms with Crippen molar-refractivity contribution in [3.05, 3.63) is 70.8 Å². The summed E-state index contributed by atoms with van der Waals surface area (Å²) in [6.07, 6.45) is 1.23. The number of fused-ring (bicyclic) bond motifs is 1. The number of likely N-dealkylation sites (tertiary alicyclic amines) is 1. The standard InChI is InChI=1S/C22H24N2O2/c1-16-6-8-17(9-7-16)13-24-15-20(12-21(24)25)22(26)23-11-10-18-4-2-3-5-19(18)14-23/h2-9,20H,10-15H2,1H3. The van der Waals surface area contributed by atoms with Crippen LogP contribution < -0.4 is 0 Å². The molecule has 2 aromatic carbocycles. The molecule has 4 rings (SSSR count). The number of hydrogen-bond donors (Lipinski definition) is 0. The van der Waals surface area contributed by atoms with Crippen LogP contribution >= 0.6 is 0 Å². The molecule has 2 heterocycles. The Labute approximate surface area is 154 Å². The molecule has 0 radical (unpaired) electrons. The number of benzene rings is 2. The van der Waals surface area contributed by atoms with Crippen molar-refractivity contribution in [2.24, 2.45) is 5.92 Å². The largest absolute Gasteiger partial charge is 0.338 e. The van der Waals surface area contributed by atoms with Gasteiger partial charge >= 0.3 is 0 Å². The first-order chi connectivity index (χ1) is 12.6. The number of nitrogens with zero attached hydrogens (tertiary/aromatic N) is 2. The zero-order chi connectivity index (χ0) is 18.1. The molecule has 1 saturated heterocycles. The first-order valence-corrected chi connectivity index (χ1v) is 9.29. The molecule has 0 spiro atoms. The molecule has 2 aliphatic heterocycles. The summed E-state index contributed by atoms with van der Waals surface area (Å²) in [5, 5.41) is 0. The van der Waals surface area contributed by atoms with Crippen LogP contribution in [0.3, 0.4) is 0 Å². The fraction of sp³-hybridized carbons (Fsp3) is 0.364. The van der Waals surface area contributed by atoms with E-state index in [1.54, 1.807) is 0 Å². The van der Waals surface area contributed by atoms with Crippen molar-refractivity contribution in [2.75, 3.05) is 13.1 Å². The predicted molar refractivity (Wildman–Crippen MR) is 100 cm³/mol. The lowest BCUT2D eigenvalue weighted by molar-refractivity contribution is -0.136. The molecule has 4 nitrogen and oxygen atoms in total. The SMILES string of the molecule is Cc1ccc(CN2CC(C(=O)N3CCc4ccccc4C3)CC2=O)cc1. The molecule has 1 fully saturated rings. The van der Waals surface area contributed by atoms with Crippen LogP contribution in [0.2, 0.25) is 0 Å². The number of carbonyl (C=O) groups is 2. The third-order valence-corrected chi connectivity index (χ3v) is 5.50. The van der Waals surface area contributed by atoms with E-state index in [4.69, 9.17) is 0 Å². The van der Waals surface area contributed by atoms with Gasteiger partial charge in [-0.1, -0.05) is 54.1 Å². The quantitative estimate of drug-likeness (QED) is 0.856. The van der Waals surface area contributed by atoms with Gasteiger partial charge in [-0.25, -0.2) is 0 Å². The van der Waals surface area contributed by atoms with Crippen LogP contribution in [0.5, 0.6) is 0 Å². The molecule has 0 aromatic heterocycles. The van der Waals surface area contributed by atoms with E-state index in [0.29, 0.717) is 26.1 Å². The van der Waals surface area contributed by atoms with E-state index >= 15 is 0 Å². The van der Waals surface area contributed by atoms with Gasteiger partial charge in [-0.3, -0.25) is 9.59 Å². The van der Waals surface area contributed by atoms with Crippen molar-refractivity contribution in [1.29, 1.82) is 0 Å². The Balaban J connectivity index is 1.40. The summed E-state index contributed by atoms with van der Waals surface area (Å²) in [4.78, 5) is 29.1. The summed E-state index contributed by atoms with van der Waals surface area (Å²) in [6, 6.07) is 16.5. The van der Waals surface area contributed by atoms with Gasteiger partial charge in [0.1, 0.15) is 0 Å². The molecule has 0 saturated carbocycles. The Morgan fingerprint density at radius 3 is 2.58 bits per heavy atom. The van der Waals surface area contributed by atoms with E-state index in [1.165, 1.54) is 16.7 Å². The highest BCUT2D eigenvalue weighted by Gasteiger charge is 2.37. The Morgan fingerprint density at radius 1 is 1.08 bits per heavy atom. The minimum atomic E-state index is -0.210. The molecule has 4 heteroatoms. The fourth-order valence-corrected chi connectivity index (χ4v) is 3.95.